The van der Waals surface area contributed by atoms with Gasteiger partial charge in [0.2, 0.25) is 0 Å². The molecule has 0 saturated carbocycles. The van der Waals surface area contributed by atoms with Gasteiger partial charge >= 0.3 is 6.36 Å². The highest BCUT2D eigenvalue weighted by atomic mass is 35.5. The van der Waals surface area contributed by atoms with Crippen LogP contribution < -0.4 is 10.2 Å². The number of aromatic hydroxyl groups is 1. The first-order valence-corrected chi connectivity index (χ1v) is 13.5. The molecule has 2 N–H and O–H groups in total. The number of carbonyl (C=O) groups excluding carboxylic acids is 1. The van der Waals surface area contributed by atoms with Gasteiger partial charge in [-0.05, 0) is 52.2 Å². The Hall–Kier alpha value is -4.09. The molecule has 0 aliphatic carbocycles. The molecule has 0 aliphatic heterocycles. The molecule has 0 bridgehead atoms. The van der Waals surface area contributed by atoms with Gasteiger partial charge in [0.15, 0.2) is 9.84 Å². The van der Waals surface area contributed by atoms with Gasteiger partial charge in [-0.1, -0.05) is 60.1 Å². The molecule has 12 heteroatoms. The summed E-state index contributed by atoms with van der Waals surface area (Å²) in [5, 5.41) is 14.9. The van der Waals surface area contributed by atoms with E-state index in [1.165, 1.54) is 36.5 Å². The van der Waals surface area contributed by atoms with Gasteiger partial charge in [-0.25, -0.2) is 13.8 Å². The molecular formula is C27H20ClF3N2O5S. The molecule has 0 radical (unpaired) electrons. The van der Waals surface area contributed by atoms with Crippen LogP contribution in [-0.2, 0) is 21.3 Å². The van der Waals surface area contributed by atoms with Gasteiger partial charge in [0.25, 0.3) is 5.91 Å². The molecule has 0 heterocycles. The first kappa shape index (κ1) is 27.9. The summed E-state index contributed by atoms with van der Waals surface area (Å²) >= 11 is 5.83. The lowest BCUT2D eigenvalue weighted by Gasteiger charge is -2.11. The number of amides is 1. The fourth-order valence-electron chi connectivity index (χ4n) is 3.83. The van der Waals surface area contributed by atoms with E-state index in [2.05, 4.69) is 15.3 Å². The van der Waals surface area contributed by atoms with Gasteiger partial charge in [-0.2, -0.15) is 5.10 Å². The SMILES string of the molecule is O=C(NN=Cc1ccc(CS(=O)(=O)Cc2ccc(OC(F)(F)F)cc2)c2ccccc12)c1ccc(O)c(Cl)c1. The molecule has 4 aromatic carbocycles. The number of rotatable bonds is 8. The van der Waals surface area contributed by atoms with Crippen molar-refractivity contribution in [2.24, 2.45) is 5.10 Å². The topological polar surface area (TPSA) is 105 Å². The molecule has 39 heavy (non-hydrogen) atoms. The number of alkyl halides is 3. The number of benzene rings is 4. The summed E-state index contributed by atoms with van der Waals surface area (Å²) in [7, 11) is -3.69. The fourth-order valence-corrected chi connectivity index (χ4v) is 5.53. The van der Waals surface area contributed by atoms with Gasteiger partial charge in [-0.3, -0.25) is 4.79 Å². The number of hydrazone groups is 1. The minimum atomic E-state index is -4.84. The summed E-state index contributed by atoms with van der Waals surface area (Å²) in [6.07, 6.45) is -3.41. The van der Waals surface area contributed by atoms with E-state index in [-0.39, 0.29) is 27.8 Å². The van der Waals surface area contributed by atoms with Gasteiger partial charge in [-0.15, -0.1) is 13.2 Å². The van der Waals surface area contributed by atoms with E-state index in [0.29, 0.717) is 27.5 Å². The average molecular weight is 577 g/mol. The number of hydrogen-bond acceptors (Lipinski definition) is 6. The minimum absolute atomic E-state index is 0.0237. The number of ether oxygens (including phenoxy) is 1. The number of phenolic OH excluding ortho intramolecular Hbond substituents is 1. The Morgan fingerprint density at radius 1 is 0.974 bits per heavy atom. The standard InChI is InChI=1S/C27H20ClF3N2O5S/c28-24-13-18(9-12-25(24)34)26(35)33-32-14-19-7-8-20(23-4-2-1-3-22(19)23)16-39(36,37)15-17-5-10-21(11-6-17)38-27(29,30)31/h1-14,34H,15-16H2,(H,33,35). The normalized spacial score (nSPS) is 12.1. The fraction of sp³-hybridized carbons (Fsp3) is 0.111. The molecular weight excluding hydrogens is 557 g/mol. The van der Waals surface area contributed by atoms with Crippen molar-refractivity contribution in [3.05, 3.63) is 106 Å². The summed E-state index contributed by atoms with van der Waals surface area (Å²) in [5.41, 5.74) is 4.05. The third-order valence-corrected chi connectivity index (χ3v) is 7.37. The summed E-state index contributed by atoms with van der Waals surface area (Å²) in [6, 6.07) is 19.1. The van der Waals surface area contributed by atoms with E-state index in [9.17, 15) is 31.5 Å². The van der Waals surface area contributed by atoms with Crippen molar-refractivity contribution >= 4 is 44.3 Å². The molecule has 4 aromatic rings. The zero-order chi connectivity index (χ0) is 28.2. The number of carbonyl (C=O) groups is 1. The second-order valence-electron chi connectivity index (χ2n) is 8.45. The molecule has 0 aliphatic rings. The van der Waals surface area contributed by atoms with Gasteiger partial charge in [0, 0.05) is 11.1 Å². The molecule has 0 atom stereocenters. The van der Waals surface area contributed by atoms with Crippen LogP contribution in [0.2, 0.25) is 5.02 Å². The number of hydrogen-bond donors (Lipinski definition) is 2. The molecule has 0 aromatic heterocycles. The molecule has 7 nitrogen and oxygen atoms in total. The summed E-state index contributed by atoms with van der Waals surface area (Å²) < 4.78 is 66.7. The third kappa shape index (κ3) is 7.49. The third-order valence-electron chi connectivity index (χ3n) is 5.55. The Kier molecular flexibility index (Phi) is 8.12. The van der Waals surface area contributed by atoms with Crippen molar-refractivity contribution < 1.29 is 36.2 Å². The van der Waals surface area contributed by atoms with E-state index in [1.54, 1.807) is 36.4 Å². The lowest BCUT2D eigenvalue weighted by atomic mass is 10.0. The highest BCUT2D eigenvalue weighted by molar-refractivity contribution is 7.89. The second kappa shape index (κ2) is 11.3. The van der Waals surface area contributed by atoms with E-state index >= 15 is 0 Å². The van der Waals surface area contributed by atoms with Gasteiger partial charge < -0.3 is 9.84 Å². The lowest BCUT2D eigenvalue weighted by molar-refractivity contribution is -0.274. The Balaban J connectivity index is 1.49. The number of phenols is 1. The van der Waals surface area contributed by atoms with Gasteiger partial charge in [0.05, 0.1) is 22.7 Å². The van der Waals surface area contributed by atoms with Crippen LogP contribution >= 0.6 is 11.6 Å². The molecule has 0 saturated heterocycles. The average Bonchev–Trinajstić information content (AvgIpc) is 2.87. The second-order valence-corrected chi connectivity index (χ2v) is 10.9. The number of fused-ring (bicyclic) bond motifs is 1. The number of nitrogens with one attached hydrogen (secondary N) is 1. The summed E-state index contributed by atoms with van der Waals surface area (Å²) in [5.74, 6) is -1.80. The number of halogens is 4. The number of sulfone groups is 1. The molecule has 0 spiro atoms. The van der Waals surface area contributed by atoms with E-state index in [4.69, 9.17) is 11.6 Å². The molecule has 0 fully saturated rings. The monoisotopic (exact) mass is 576 g/mol. The smallest absolute Gasteiger partial charge is 0.506 e. The van der Waals surface area contributed by atoms with Crippen LogP contribution in [0.5, 0.6) is 11.5 Å². The van der Waals surface area contributed by atoms with Crippen molar-refractivity contribution in [1.29, 1.82) is 0 Å². The van der Waals surface area contributed by atoms with Crippen molar-refractivity contribution in [2.45, 2.75) is 17.9 Å². The Morgan fingerprint density at radius 2 is 1.67 bits per heavy atom. The van der Waals surface area contributed by atoms with Crippen molar-refractivity contribution in [3.63, 3.8) is 0 Å². The highest BCUT2D eigenvalue weighted by Crippen LogP contribution is 2.27. The van der Waals surface area contributed by atoms with E-state index in [1.807, 2.05) is 0 Å². The summed E-state index contributed by atoms with van der Waals surface area (Å²) in [4.78, 5) is 12.3. The Morgan fingerprint density at radius 3 is 2.33 bits per heavy atom. The first-order valence-electron chi connectivity index (χ1n) is 11.3. The van der Waals surface area contributed by atoms with Crippen LogP contribution in [0.25, 0.3) is 10.8 Å². The zero-order valence-electron chi connectivity index (χ0n) is 19.9. The lowest BCUT2D eigenvalue weighted by Crippen LogP contribution is -2.17. The Bertz CT molecular complexity index is 1660. The van der Waals surface area contributed by atoms with Crippen LogP contribution in [-0.4, -0.2) is 32.0 Å². The van der Waals surface area contributed by atoms with Crippen LogP contribution in [0.3, 0.4) is 0 Å². The largest absolute Gasteiger partial charge is 0.573 e. The zero-order valence-corrected chi connectivity index (χ0v) is 21.5. The van der Waals surface area contributed by atoms with E-state index in [0.717, 1.165) is 12.1 Å². The number of nitrogens with zero attached hydrogens (tertiary/aromatic N) is 1. The predicted molar refractivity (Wildman–Crippen MR) is 142 cm³/mol. The maximum Gasteiger partial charge on any atom is 0.573 e. The van der Waals surface area contributed by atoms with E-state index < -0.39 is 27.9 Å². The Labute approximate surface area is 226 Å². The highest BCUT2D eigenvalue weighted by Gasteiger charge is 2.31. The molecule has 1 amide bonds. The maximum absolute atomic E-state index is 12.9. The summed E-state index contributed by atoms with van der Waals surface area (Å²) in [6.45, 7) is 0. The minimum Gasteiger partial charge on any atom is -0.506 e. The van der Waals surface area contributed by atoms with Crippen LogP contribution in [0.15, 0.2) is 84.0 Å². The van der Waals surface area contributed by atoms with Gasteiger partial charge in [0.1, 0.15) is 11.5 Å². The molecule has 4 rings (SSSR count). The molecule has 0 unspecified atom stereocenters. The van der Waals surface area contributed by atoms with Crippen LogP contribution in [0.1, 0.15) is 27.0 Å². The van der Waals surface area contributed by atoms with Crippen molar-refractivity contribution in [3.8, 4) is 11.5 Å². The first-order chi connectivity index (χ1) is 18.4. The van der Waals surface area contributed by atoms with Crippen molar-refractivity contribution in [1.82, 2.24) is 5.43 Å². The van der Waals surface area contributed by atoms with Crippen LogP contribution in [0, 0.1) is 0 Å². The maximum atomic E-state index is 12.9. The predicted octanol–water partition coefficient (Wildman–Crippen LogP) is 5.98. The van der Waals surface area contributed by atoms with Crippen LogP contribution in [0.4, 0.5) is 13.2 Å². The van der Waals surface area contributed by atoms with Crippen molar-refractivity contribution in [2.75, 3.05) is 0 Å². The quantitative estimate of drug-likeness (QED) is 0.198. The molecule has 202 valence electrons.